The third-order valence-corrected chi connectivity index (χ3v) is 5.19. The van der Waals surface area contributed by atoms with Gasteiger partial charge in [0.05, 0.1) is 0 Å². The van der Waals surface area contributed by atoms with Crippen LogP contribution in [0.25, 0.3) is 0 Å². The van der Waals surface area contributed by atoms with Crippen molar-refractivity contribution < 1.29 is 9.53 Å². The van der Waals surface area contributed by atoms with Crippen molar-refractivity contribution in [1.82, 2.24) is 10.2 Å². The summed E-state index contributed by atoms with van der Waals surface area (Å²) in [5, 5.41) is 3.80. The first-order valence-corrected chi connectivity index (χ1v) is 9.10. The van der Waals surface area contributed by atoms with Crippen molar-refractivity contribution in [3.05, 3.63) is 59.1 Å². The van der Waals surface area contributed by atoms with Gasteiger partial charge in [-0.25, -0.2) is 0 Å². The van der Waals surface area contributed by atoms with Crippen LogP contribution in [0.2, 0.25) is 5.02 Å². The number of nitrogens with one attached hydrogen (secondary N) is 1. The van der Waals surface area contributed by atoms with Crippen molar-refractivity contribution in [1.29, 1.82) is 0 Å². The molecular weight excluding hydrogens is 336 g/mol. The minimum atomic E-state index is -0.0122. The van der Waals surface area contributed by atoms with Crippen molar-refractivity contribution >= 4 is 17.5 Å². The summed E-state index contributed by atoms with van der Waals surface area (Å²) in [4.78, 5) is 14.9. The number of rotatable bonds is 4. The molecule has 2 aliphatic rings. The number of hydrogen-bond acceptors (Lipinski definition) is 3. The molecule has 25 heavy (non-hydrogen) atoms. The van der Waals surface area contributed by atoms with Gasteiger partial charge in [-0.3, -0.25) is 4.79 Å². The summed E-state index contributed by atoms with van der Waals surface area (Å²) in [6.45, 7) is 3.34. The zero-order chi connectivity index (χ0) is 17.2. The smallest absolute Gasteiger partial charge is 0.251 e. The third kappa shape index (κ3) is 3.97. The fourth-order valence-corrected chi connectivity index (χ4v) is 3.95. The molecule has 0 aromatic heterocycles. The molecule has 1 N–H and O–H groups in total. The molecule has 0 radical (unpaired) electrons. The second-order valence-corrected chi connectivity index (χ2v) is 7.34. The first-order chi connectivity index (χ1) is 12.2. The molecule has 2 heterocycles. The van der Waals surface area contributed by atoms with Crippen molar-refractivity contribution in [2.24, 2.45) is 5.92 Å². The number of fused-ring (bicyclic) bond motifs is 2. The van der Waals surface area contributed by atoms with E-state index in [1.54, 1.807) is 24.3 Å². The SMILES string of the molecule is O=C(NC1CC2CCN(C2)C1)c1ccc(Oc2cccc(Cl)c2)cc1. The van der Waals surface area contributed by atoms with E-state index in [4.69, 9.17) is 16.3 Å². The summed E-state index contributed by atoms with van der Waals surface area (Å²) in [5.41, 5.74) is 0.659. The lowest BCUT2D eigenvalue weighted by Gasteiger charge is -2.30. The average molecular weight is 357 g/mol. The van der Waals surface area contributed by atoms with Gasteiger partial charge in [0.1, 0.15) is 11.5 Å². The Bertz CT molecular complexity index is 751. The van der Waals surface area contributed by atoms with E-state index < -0.39 is 0 Å². The van der Waals surface area contributed by atoms with E-state index in [-0.39, 0.29) is 11.9 Å². The van der Waals surface area contributed by atoms with Crippen LogP contribution >= 0.6 is 11.6 Å². The number of halogens is 1. The summed E-state index contributed by atoms with van der Waals surface area (Å²) in [6, 6.07) is 14.7. The van der Waals surface area contributed by atoms with Crippen LogP contribution in [0.3, 0.4) is 0 Å². The Hall–Kier alpha value is -2.04. The van der Waals surface area contributed by atoms with Crippen molar-refractivity contribution in [2.75, 3.05) is 19.6 Å². The van der Waals surface area contributed by atoms with Gasteiger partial charge in [-0.15, -0.1) is 0 Å². The minimum Gasteiger partial charge on any atom is -0.457 e. The topological polar surface area (TPSA) is 41.6 Å². The number of benzene rings is 2. The predicted molar refractivity (Wildman–Crippen MR) is 98.4 cm³/mol. The first kappa shape index (κ1) is 16.4. The molecule has 4 nitrogen and oxygen atoms in total. The Kier molecular flexibility index (Phi) is 4.64. The zero-order valence-electron chi connectivity index (χ0n) is 14.0. The van der Waals surface area contributed by atoms with Gasteiger partial charge >= 0.3 is 0 Å². The van der Waals surface area contributed by atoms with Crippen LogP contribution in [0.15, 0.2) is 48.5 Å². The lowest BCUT2D eigenvalue weighted by atomic mass is 9.96. The number of carbonyl (C=O) groups excluding carboxylic acids is 1. The zero-order valence-corrected chi connectivity index (χ0v) is 14.7. The quantitative estimate of drug-likeness (QED) is 0.901. The van der Waals surface area contributed by atoms with Crippen molar-refractivity contribution in [3.8, 4) is 11.5 Å². The number of carbonyl (C=O) groups is 1. The lowest BCUT2D eigenvalue weighted by Crippen LogP contribution is -2.46. The largest absolute Gasteiger partial charge is 0.457 e. The monoisotopic (exact) mass is 356 g/mol. The summed E-state index contributed by atoms with van der Waals surface area (Å²) in [6.07, 6.45) is 2.36. The van der Waals surface area contributed by atoms with E-state index in [1.807, 2.05) is 24.3 Å². The third-order valence-electron chi connectivity index (χ3n) is 4.95. The molecule has 3 unspecified atom stereocenters. The molecule has 130 valence electrons. The highest BCUT2D eigenvalue weighted by Crippen LogP contribution is 2.27. The molecule has 2 fully saturated rings. The van der Waals surface area contributed by atoms with E-state index in [1.165, 1.54) is 19.5 Å². The molecule has 2 bridgehead atoms. The standard InChI is InChI=1S/C20H21ClN2O2/c21-16-2-1-3-19(11-16)25-18-6-4-15(5-7-18)20(24)22-17-10-14-8-9-23(12-14)13-17/h1-7,11,14,17H,8-10,12-13H2,(H,22,24). The van der Waals surface area contributed by atoms with Gasteiger partial charge in [-0.2, -0.15) is 0 Å². The van der Waals surface area contributed by atoms with Crippen LogP contribution in [0.4, 0.5) is 0 Å². The normalized spacial score (nSPS) is 24.8. The predicted octanol–water partition coefficient (Wildman–Crippen LogP) is 3.96. The molecule has 2 aromatic carbocycles. The van der Waals surface area contributed by atoms with Gasteiger partial charge < -0.3 is 15.0 Å². The van der Waals surface area contributed by atoms with Gasteiger partial charge in [-0.1, -0.05) is 17.7 Å². The van der Waals surface area contributed by atoms with Crippen LogP contribution < -0.4 is 10.1 Å². The van der Waals surface area contributed by atoms with Crippen LogP contribution in [0, 0.1) is 5.92 Å². The van der Waals surface area contributed by atoms with Gasteiger partial charge in [-0.05, 0) is 67.8 Å². The average Bonchev–Trinajstić information content (AvgIpc) is 2.94. The number of amides is 1. The number of piperidine rings is 1. The number of ether oxygens (including phenoxy) is 1. The number of nitrogens with zero attached hydrogens (tertiary/aromatic N) is 1. The molecule has 1 amide bonds. The molecule has 0 spiro atoms. The Morgan fingerprint density at radius 3 is 2.72 bits per heavy atom. The Morgan fingerprint density at radius 2 is 1.96 bits per heavy atom. The summed E-state index contributed by atoms with van der Waals surface area (Å²) in [7, 11) is 0. The summed E-state index contributed by atoms with van der Waals surface area (Å²) >= 11 is 5.96. The Morgan fingerprint density at radius 1 is 1.12 bits per heavy atom. The summed E-state index contributed by atoms with van der Waals surface area (Å²) < 4.78 is 5.76. The van der Waals surface area contributed by atoms with Crippen LogP contribution in [-0.4, -0.2) is 36.5 Å². The molecule has 0 aliphatic carbocycles. The van der Waals surface area contributed by atoms with E-state index in [2.05, 4.69) is 10.2 Å². The molecule has 5 heteroatoms. The Labute approximate surface area is 152 Å². The minimum absolute atomic E-state index is 0.0122. The van der Waals surface area contributed by atoms with Gasteiger partial charge in [0, 0.05) is 29.7 Å². The highest BCUT2D eigenvalue weighted by molar-refractivity contribution is 6.30. The molecule has 2 saturated heterocycles. The molecule has 0 saturated carbocycles. The maximum Gasteiger partial charge on any atom is 0.251 e. The first-order valence-electron chi connectivity index (χ1n) is 8.72. The molecule has 2 aromatic rings. The Balaban J connectivity index is 1.37. The fourth-order valence-electron chi connectivity index (χ4n) is 3.77. The van der Waals surface area contributed by atoms with Crippen LogP contribution in [-0.2, 0) is 0 Å². The van der Waals surface area contributed by atoms with E-state index in [0.717, 1.165) is 18.9 Å². The molecule has 3 atom stereocenters. The molecule has 2 aliphatic heterocycles. The molecular formula is C20H21ClN2O2. The maximum atomic E-state index is 12.5. The van der Waals surface area contributed by atoms with E-state index in [9.17, 15) is 4.79 Å². The van der Waals surface area contributed by atoms with Gasteiger partial charge in [0.15, 0.2) is 0 Å². The fraction of sp³-hybridized carbons (Fsp3) is 0.350. The van der Waals surface area contributed by atoms with E-state index >= 15 is 0 Å². The van der Waals surface area contributed by atoms with E-state index in [0.29, 0.717) is 22.1 Å². The van der Waals surface area contributed by atoms with Crippen molar-refractivity contribution in [2.45, 2.75) is 18.9 Å². The van der Waals surface area contributed by atoms with Gasteiger partial charge in [0.2, 0.25) is 0 Å². The highest BCUT2D eigenvalue weighted by atomic mass is 35.5. The highest BCUT2D eigenvalue weighted by Gasteiger charge is 2.32. The van der Waals surface area contributed by atoms with Crippen LogP contribution in [0.5, 0.6) is 11.5 Å². The summed E-state index contributed by atoms with van der Waals surface area (Å²) in [5.74, 6) is 2.09. The molecule has 4 rings (SSSR count). The maximum absolute atomic E-state index is 12.5. The number of hydrogen-bond donors (Lipinski definition) is 1. The van der Waals surface area contributed by atoms with Crippen LogP contribution in [0.1, 0.15) is 23.2 Å². The van der Waals surface area contributed by atoms with Gasteiger partial charge in [0.25, 0.3) is 5.91 Å². The second-order valence-electron chi connectivity index (χ2n) is 6.90. The van der Waals surface area contributed by atoms with Crippen molar-refractivity contribution in [3.63, 3.8) is 0 Å². The second kappa shape index (κ2) is 7.06. The lowest BCUT2D eigenvalue weighted by molar-refractivity contribution is 0.0909.